The zero-order valence-electron chi connectivity index (χ0n) is 12.8. The molecular formula is C16H24N4O. The molecule has 5 heteroatoms. The molecule has 0 saturated heterocycles. The number of aryl methyl sites for hydroxylation is 1. The van der Waals surface area contributed by atoms with Crippen molar-refractivity contribution in [3.63, 3.8) is 0 Å². The minimum Gasteiger partial charge on any atom is -0.497 e. The van der Waals surface area contributed by atoms with Crippen molar-refractivity contribution in [1.29, 1.82) is 0 Å². The Morgan fingerprint density at radius 1 is 1.24 bits per heavy atom. The maximum Gasteiger partial charge on any atom is 0.119 e. The summed E-state index contributed by atoms with van der Waals surface area (Å²) in [4.78, 5) is 2.36. The number of anilines is 1. The number of nitrogens with zero attached hydrogens (tertiary/aromatic N) is 3. The number of benzene rings is 1. The molecule has 0 saturated carbocycles. The highest BCUT2D eigenvalue weighted by Crippen LogP contribution is 2.19. The fourth-order valence-corrected chi connectivity index (χ4v) is 2.31. The van der Waals surface area contributed by atoms with Crippen LogP contribution >= 0.6 is 0 Å². The Balaban J connectivity index is 2.01. The molecule has 0 bridgehead atoms. The lowest BCUT2D eigenvalue weighted by atomic mass is 10.2. The van der Waals surface area contributed by atoms with Crippen molar-refractivity contribution in [2.75, 3.05) is 31.6 Å². The maximum absolute atomic E-state index is 5.65. The number of aromatic nitrogens is 2. The molecule has 5 nitrogen and oxygen atoms in total. The molecule has 2 N–H and O–H groups in total. The third kappa shape index (κ3) is 4.49. The summed E-state index contributed by atoms with van der Waals surface area (Å²) < 4.78 is 7.05. The highest BCUT2D eigenvalue weighted by Gasteiger charge is 2.07. The normalized spacial score (nSPS) is 10.6. The van der Waals surface area contributed by atoms with Gasteiger partial charge in [-0.3, -0.25) is 4.68 Å². The van der Waals surface area contributed by atoms with Crippen LogP contribution in [-0.4, -0.2) is 36.5 Å². The van der Waals surface area contributed by atoms with E-state index >= 15 is 0 Å². The molecule has 0 aliphatic carbocycles. The van der Waals surface area contributed by atoms with E-state index in [0.717, 1.165) is 31.7 Å². The Morgan fingerprint density at radius 3 is 2.57 bits per heavy atom. The molecule has 2 rings (SSSR count). The number of methoxy groups -OCH3 is 1. The van der Waals surface area contributed by atoms with Crippen molar-refractivity contribution in [3.05, 3.63) is 42.2 Å². The molecule has 0 aliphatic rings. The van der Waals surface area contributed by atoms with E-state index in [1.54, 1.807) is 7.11 Å². The van der Waals surface area contributed by atoms with Crippen molar-refractivity contribution in [2.24, 2.45) is 12.8 Å². The molecule has 114 valence electrons. The summed E-state index contributed by atoms with van der Waals surface area (Å²) in [6.07, 6.45) is 5.95. The van der Waals surface area contributed by atoms with Crippen molar-refractivity contribution in [3.8, 4) is 5.75 Å². The molecule has 1 aromatic carbocycles. The number of hydrogen-bond acceptors (Lipinski definition) is 4. The molecule has 0 unspecified atom stereocenters. The largest absolute Gasteiger partial charge is 0.497 e. The summed E-state index contributed by atoms with van der Waals surface area (Å²) in [5, 5.41) is 4.21. The summed E-state index contributed by atoms with van der Waals surface area (Å²) in [5.41, 5.74) is 8.11. The Labute approximate surface area is 126 Å². The first-order valence-electron chi connectivity index (χ1n) is 7.29. The van der Waals surface area contributed by atoms with Crippen molar-refractivity contribution < 1.29 is 4.74 Å². The number of hydrogen-bond donors (Lipinski definition) is 1. The average molecular weight is 288 g/mol. The molecule has 2 aromatic rings. The van der Waals surface area contributed by atoms with Gasteiger partial charge < -0.3 is 15.4 Å². The van der Waals surface area contributed by atoms with Crippen LogP contribution in [0.3, 0.4) is 0 Å². The molecule has 0 spiro atoms. The van der Waals surface area contributed by atoms with Crippen LogP contribution in [0.2, 0.25) is 0 Å². The van der Waals surface area contributed by atoms with Crippen LogP contribution in [0.1, 0.15) is 12.0 Å². The fraction of sp³-hybridized carbons (Fsp3) is 0.438. The van der Waals surface area contributed by atoms with Crippen LogP contribution in [0.15, 0.2) is 36.7 Å². The van der Waals surface area contributed by atoms with E-state index < -0.39 is 0 Å². The Kier molecular flexibility index (Phi) is 5.63. The first-order valence-corrected chi connectivity index (χ1v) is 7.29. The van der Waals surface area contributed by atoms with Crippen molar-refractivity contribution >= 4 is 5.69 Å². The Morgan fingerprint density at radius 2 is 2.00 bits per heavy atom. The predicted octanol–water partition coefficient (Wildman–Crippen LogP) is 1.83. The zero-order valence-corrected chi connectivity index (χ0v) is 12.8. The van der Waals surface area contributed by atoms with Gasteiger partial charge in [0.2, 0.25) is 0 Å². The van der Waals surface area contributed by atoms with E-state index in [-0.39, 0.29) is 0 Å². The molecule has 1 heterocycles. The van der Waals surface area contributed by atoms with Gasteiger partial charge in [0.1, 0.15) is 5.75 Å². The fourth-order valence-electron chi connectivity index (χ4n) is 2.31. The minimum absolute atomic E-state index is 0.708. The summed E-state index contributed by atoms with van der Waals surface area (Å²) in [7, 11) is 3.63. The molecule has 0 atom stereocenters. The highest BCUT2D eigenvalue weighted by molar-refractivity contribution is 5.49. The molecular weight excluding hydrogens is 264 g/mol. The smallest absolute Gasteiger partial charge is 0.119 e. The van der Waals surface area contributed by atoms with Crippen molar-refractivity contribution in [2.45, 2.75) is 12.8 Å². The minimum atomic E-state index is 0.708. The molecule has 21 heavy (non-hydrogen) atoms. The lowest BCUT2D eigenvalue weighted by molar-refractivity contribution is 0.415. The second-order valence-corrected chi connectivity index (χ2v) is 5.10. The summed E-state index contributed by atoms with van der Waals surface area (Å²) in [5.74, 6) is 0.879. The van der Waals surface area contributed by atoms with Crippen LogP contribution in [-0.2, 0) is 13.5 Å². The second-order valence-electron chi connectivity index (χ2n) is 5.10. The molecule has 0 aliphatic heterocycles. The van der Waals surface area contributed by atoms with Gasteiger partial charge in [0.25, 0.3) is 0 Å². The lowest BCUT2D eigenvalue weighted by Gasteiger charge is -2.24. The number of ether oxygens (including phenoxy) is 1. The first-order chi connectivity index (χ1) is 10.2. The second kappa shape index (κ2) is 7.69. The SMILES string of the molecule is COc1ccc(N(CCCN)CCc2cnn(C)c2)cc1. The first kappa shape index (κ1) is 15.4. The monoisotopic (exact) mass is 288 g/mol. The van der Waals surface area contributed by atoms with Crippen LogP contribution < -0.4 is 15.4 Å². The quantitative estimate of drug-likeness (QED) is 0.805. The molecule has 0 fully saturated rings. The predicted molar refractivity (Wildman–Crippen MR) is 85.8 cm³/mol. The summed E-state index contributed by atoms with van der Waals surface area (Å²) in [6, 6.07) is 8.18. The highest BCUT2D eigenvalue weighted by atomic mass is 16.5. The van der Waals surface area contributed by atoms with Crippen LogP contribution in [0, 0.1) is 0 Å². The molecule has 0 radical (unpaired) electrons. The van der Waals surface area contributed by atoms with Gasteiger partial charge in [0.15, 0.2) is 0 Å². The summed E-state index contributed by atoms with van der Waals surface area (Å²) >= 11 is 0. The maximum atomic E-state index is 5.65. The third-order valence-electron chi connectivity index (χ3n) is 3.50. The molecule has 0 amide bonds. The van der Waals surface area contributed by atoms with Gasteiger partial charge >= 0.3 is 0 Å². The van der Waals surface area contributed by atoms with Gasteiger partial charge in [-0.25, -0.2) is 0 Å². The van der Waals surface area contributed by atoms with Gasteiger partial charge in [0.05, 0.1) is 13.3 Å². The van der Waals surface area contributed by atoms with Gasteiger partial charge in [-0.05, 0) is 49.2 Å². The van der Waals surface area contributed by atoms with Crippen LogP contribution in [0.5, 0.6) is 5.75 Å². The molecule has 1 aromatic heterocycles. The van der Waals surface area contributed by atoms with Crippen LogP contribution in [0.4, 0.5) is 5.69 Å². The number of rotatable bonds is 8. The van der Waals surface area contributed by atoms with E-state index in [9.17, 15) is 0 Å². The van der Waals surface area contributed by atoms with Gasteiger partial charge in [0, 0.05) is 32.0 Å². The van der Waals surface area contributed by atoms with Gasteiger partial charge in [-0.15, -0.1) is 0 Å². The third-order valence-corrected chi connectivity index (χ3v) is 3.50. The van der Waals surface area contributed by atoms with E-state index in [1.807, 2.05) is 30.1 Å². The zero-order chi connectivity index (χ0) is 15.1. The topological polar surface area (TPSA) is 56.3 Å². The van der Waals surface area contributed by atoms with Crippen LogP contribution in [0.25, 0.3) is 0 Å². The van der Waals surface area contributed by atoms with E-state index in [1.165, 1.54) is 11.3 Å². The number of nitrogens with two attached hydrogens (primary N) is 1. The van der Waals surface area contributed by atoms with E-state index in [4.69, 9.17) is 10.5 Å². The van der Waals surface area contributed by atoms with Gasteiger partial charge in [-0.1, -0.05) is 0 Å². The van der Waals surface area contributed by atoms with E-state index in [2.05, 4.69) is 28.3 Å². The van der Waals surface area contributed by atoms with Crippen molar-refractivity contribution in [1.82, 2.24) is 9.78 Å². The standard InChI is InChI=1S/C16H24N4O/c1-19-13-14(12-18-19)8-11-20(10-3-9-17)15-4-6-16(21-2)7-5-15/h4-7,12-13H,3,8-11,17H2,1-2H3. The van der Waals surface area contributed by atoms with E-state index in [0.29, 0.717) is 6.54 Å². The summed E-state index contributed by atoms with van der Waals surface area (Å²) in [6.45, 7) is 2.63. The van der Waals surface area contributed by atoms with Gasteiger partial charge in [-0.2, -0.15) is 5.10 Å². The lowest BCUT2D eigenvalue weighted by Crippen LogP contribution is -2.28. The Hall–Kier alpha value is -2.01. The Bertz CT molecular complexity index is 535. The average Bonchev–Trinajstić information content (AvgIpc) is 2.93.